The van der Waals surface area contributed by atoms with E-state index in [1.165, 1.54) is 11.3 Å². The lowest BCUT2D eigenvalue weighted by atomic mass is 10.2. The standard InChI is InChI=1S/C14H11N3O2S/c1-9-7-12(14(18)19)20-13(9)11-8-15-16-17(11)10-5-3-2-4-6-10/h2-8H,1H3,(H,18,19). The van der Waals surface area contributed by atoms with Crippen molar-refractivity contribution in [3.8, 4) is 16.3 Å². The molecule has 2 aromatic heterocycles. The number of thiophene rings is 1. The molecule has 100 valence electrons. The van der Waals surface area contributed by atoms with Gasteiger partial charge in [0.2, 0.25) is 0 Å². The molecule has 20 heavy (non-hydrogen) atoms. The summed E-state index contributed by atoms with van der Waals surface area (Å²) in [5.41, 5.74) is 2.60. The van der Waals surface area contributed by atoms with Gasteiger partial charge in [-0.05, 0) is 30.7 Å². The van der Waals surface area contributed by atoms with Crippen molar-refractivity contribution < 1.29 is 9.90 Å². The number of benzene rings is 1. The first-order valence-corrected chi connectivity index (χ1v) is 6.78. The van der Waals surface area contributed by atoms with Crippen LogP contribution in [0.5, 0.6) is 0 Å². The number of para-hydroxylation sites is 1. The van der Waals surface area contributed by atoms with Crippen molar-refractivity contribution in [3.05, 3.63) is 53.0 Å². The number of carboxylic acid groups (broad SMARTS) is 1. The summed E-state index contributed by atoms with van der Waals surface area (Å²) in [6, 6.07) is 11.3. The molecule has 0 bridgehead atoms. The van der Waals surface area contributed by atoms with E-state index in [4.69, 9.17) is 5.11 Å². The van der Waals surface area contributed by atoms with Gasteiger partial charge < -0.3 is 5.11 Å². The zero-order valence-electron chi connectivity index (χ0n) is 10.6. The quantitative estimate of drug-likeness (QED) is 0.803. The van der Waals surface area contributed by atoms with Gasteiger partial charge >= 0.3 is 5.97 Å². The van der Waals surface area contributed by atoms with Crippen LogP contribution in [0.25, 0.3) is 16.3 Å². The van der Waals surface area contributed by atoms with E-state index >= 15 is 0 Å². The summed E-state index contributed by atoms with van der Waals surface area (Å²) >= 11 is 1.23. The van der Waals surface area contributed by atoms with E-state index in [1.807, 2.05) is 37.3 Å². The Kier molecular flexibility index (Phi) is 3.08. The highest BCUT2D eigenvalue weighted by Gasteiger charge is 2.17. The maximum Gasteiger partial charge on any atom is 0.345 e. The monoisotopic (exact) mass is 285 g/mol. The third kappa shape index (κ3) is 2.10. The first-order valence-electron chi connectivity index (χ1n) is 5.97. The molecule has 0 radical (unpaired) electrons. The summed E-state index contributed by atoms with van der Waals surface area (Å²) in [7, 11) is 0. The molecule has 0 saturated carbocycles. The van der Waals surface area contributed by atoms with Crippen molar-refractivity contribution in [1.29, 1.82) is 0 Å². The SMILES string of the molecule is Cc1cc(C(=O)O)sc1-c1cnnn1-c1ccccc1. The third-order valence-corrected chi connectivity index (χ3v) is 4.16. The number of carboxylic acids is 1. The molecule has 1 aromatic carbocycles. The van der Waals surface area contributed by atoms with Crippen LogP contribution >= 0.6 is 11.3 Å². The van der Waals surface area contributed by atoms with Gasteiger partial charge in [-0.3, -0.25) is 0 Å². The second-order valence-corrected chi connectivity index (χ2v) is 5.35. The fourth-order valence-electron chi connectivity index (χ4n) is 1.99. The van der Waals surface area contributed by atoms with Crippen LogP contribution in [-0.2, 0) is 0 Å². The second kappa shape index (κ2) is 4.90. The van der Waals surface area contributed by atoms with Gasteiger partial charge in [-0.25, -0.2) is 9.48 Å². The summed E-state index contributed by atoms with van der Waals surface area (Å²) in [4.78, 5) is 12.3. The van der Waals surface area contributed by atoms with Gasteiger partial charge in [-0.1, -0.05) is 23.4 Å². The van der Waals surface area contributed by atoms with Crippen LogP contribution in [0.3, 0.4) is 0 Å². The number of rotatable bonds is 3. The van der Waals surface area contributed by atoms with Crippen LogP contribution in [-0.4, -0.2) is 26.1 Å². The predicted molar refractivity (Wildman–Crippen MR) is 76.4 cm³/mol. The molecule has 0 amide bonds. The first-order chi connectivity index (χ1) is 9.66. The minimum atomic E-state index is -0.914. The van der Waals surface area contributed by atoms with Crippen molar-refractivity contribution >= 4 is 17.3 Å². The van der Waals surface area contributed by atoms with Crippen molar-refractivity contribution in [1.82, 2.24) is 15.0 Å². The molecular weight excluding hydrogens is 274 g/mol. The van der Waals surface area contributed by atoms with Crippen LogP contribution in [0.15, 0.2) is 42.6 Å². The number of aromatic nitrogens is 3. The Morgan fingerprint density at radius 3 is 2.70 bits per heavy atom. The molecule has 0 spiro atoms. The van der Waals surface area contributed by atoms with Crippen LogP contribution in [0.1, 0.15) is 15.2 Å². The van der Waals surface area contributed by atoms with Crippen molar-refractivity contribution in [2.45, 2.75) is 6.92 Å². The fourth-order valence-corrected chi connectivity index (χ4v) is 3.00. The average molecular weight is 285 g/mol. The van der Waals surface area contributed by atoms with Gasteiger partial charge in [-0.15, -0.1) is 16.4 Å². The highest BCUT2D eigenvalue weighted by molar-refractivity contribution is 7.17. The van der Waals surface area contributed by atoms with E-state index in [2.05, 4.69) is 10.3 Å². The van der Waals surface area contributed by atoms with E-state index in [0.717, 1.165) is 21.8 Å². The second-order valence-electron chi connectivity index (χ2n) is 4.29. The van der Waals surface area contributed by atoms with Gasteiger partial charge in [0.15, 0.2) is 0 Å². The maximum absolute atomic E-state index is 11.1. The zero-order valence-corrected chi connectivity index (χ0v) is 11.5. The Morgan fingerprint density at radius 1 is 1.30 bits per heavy atom. The average Bonchev–Trinajstić information content (AvgIpc) is 3.05. The number of aromatic carboxylic acids is 1. The van der Waals surface area contributed by atoms with Gasteiger partial charge in [0.25, 0.3) is 0 Å². The third-order valence-electron chi connectivity index (χ3n) is 2.91. The topological polar surface area (TPSA) is 68.0 Å². The molecule has 3 aromatic rings. The molecule has 1 N–H and O–H groups in total. The minimum absolute atomic E-state index is 0.318. The number of hydrogen-bond donors (Lipinski definition) is 1. The Labute approximate surface area is 119 Å². The lowest BCUT2D eigenvalue weighted by Crippen LogP contribution is -1.98. The zero-order chi connectivity index (χ0) is 14.1. The van der Waals surface area contributed by atoms with E-state index in [9.17, 15) is 4.79 Å². The molecule has 0 aliphatic rings. The van der Waals surface area contributed by atoms with Crippen LogP contribution in [0.2, 0.25) is 0 Å². The summed E-state index contributed by atoms with van der Waals surface area (Å²) in [6.45, 7) is 1.89. The summed E-state index contributed by atoms with van der Waals surface area (Å²) in [5.74, 6) is -0.914. The van der Waals surface area contributed by atoms with Gasteiger partial charge in [0.05, 0.1) is 16.8 Å². The van der Waals surface area contributed by atoms with Crippen LogP contribution in [0.4, 0.5) is 0 Å². The molecule has 3 rings (SSSR count). The lowest BCUT2D eigenvalue weighted by molar-refractivity contribution is 0.0702. The Bertz CT molecular complexity index is 762. The Morgan fingerprint density at radius 2 is 2.05 bits per heavy atom. The lowest BCUT2D eigenvalue weighted by Gasteiger charge is -2.04. The van der Waals surface area contributed by atoms with Crippen molar-refractivity contribution in [2.24, 2.45) is 0 Å². The highest BCUT2D eigenvalue weighted by atomic mass is 32.1. The number of carbonyl (C=O) groups is 1. The molecule has 0 unspecified atom stereocenters. The van der Waals surface area contributed by atoms with Crippen LogP contribution in [0, 0.1) is 6.92 Å². The molecular formula is C14H11N3O2S. The molecule has 0 aliphatic carbocycles. The van der Waals surface area contributed by atoms with E-state index < -0.39 is 5.97 Å². The minimum Gasteiger partial charge on any atom is -0.477 e. The van der Waals surface area contributed by atoms with Crippen LogP contribution < -0.4 is 0 Å². The van der Waals surface area contributed by atoms with Crippen molar-refractivity contribution in [2.75, 3.05) is 0 Å². The van der Waals surface area contributed by atoms with Gasteiger partial charge in [0, 0.05) is 0 Å². The Balaban J connectivity index is 2.13. The van der Waals surface area contributed by atoms with E-state index in [0.29, 0.717) is 4.88 Å². The first kappa shape index (κ1) is 12.6. The molecule has 6 heteroatoms. The van der Waals surface area contributed by atoms with Gasteiger partial charge in [0.1, 0.15) is 10.6 Å². The Hall–Kier alpha value is -2.47. The normalized spacial score (nSPS) is 10.7. The van der Waals surface area contributed by atoms with E-state index in [1.54, 1.807) is 16.9 Å². The van der Waals surface area contributed by atoms with Crippen molar-refractivity contribution in [3.63, 3.8) is 0 Å². The number of hydrogen-bond acceptors (Lipinski definition) is 4. The number of aryl methyl sites for hydroxylation is 1. The molecule has 0 saturated heterocycles. The fraction of sp³-hybridized carbons (Fsp3) is 0.0714. The van der Waals surface area contributed by atoms with Gasteiger partial charge in [-0.2, -0.15) is 0 Å². The molecule has 2 heterocycles. The summed E-state index contributed by atoms with van der Waals surface area (Å²) in [5, 5.41) is 17.1. The summed E-state index contributed by atoms with van der Waals surface area (Å²) < 4.78 is 1.71. The predicted octanol–water partition coefficient (Wildman–Crippen LogP) is 3.00. The molecule has 0 aliphatic heterocycles. The summed E-state index contributed by atoms with van der Waals surface area (Å²) in [6.07, 6.45) is 1.65. The molecule has 0 atom stereocenters. The largest absolute Gasteiger partial charge is 0.477 e. The smallest absolute Gasteiger partial charge is 0.345 e. The highest BCUT2D eigenvalue weighted by Crippen LogP contribution is 2.32. The molecule has 5 nitrogen and oxygen atoms in total. The van der Waals surface area contributed by atoms with E-state index in [-0.39, 0.29) is 0 Å². The number of nitrogens with zero attached hydrogens (tertiary/aromatic N) is 3. The maximum atomic E-state index is 11.1. The molecule has 0 fully saturated rings.